The first-order valence-electron chi connectivity index (χ1n) is 21.0. The Morgan fingerprint density at radius 2 is 1.36 bits per heavy atom. The van der Waals surface area contributed by atoms with Crippen LogP contribution in [0.5, 0.6) is 0 Å². The number of hydrogen-bond donors (Lipinski definition) is 9. The Hall–Kier alpha value is -1.27. The van der Waals surface area contributed by atoms with Crippen molar-refractivity contribution >= 4 is 5.97 Å². The molecule has 0 bridgehead atoms. The third kappa shape index (κ3) is 6.21. The Balaban J connectivity index is 1.10. The summed E-state index contributed by atoms with van der Waals surface area (Å²) in [6.45, 7) is 12.2. The maximum Gasteiger partial charge on any atom is 0.310 e. The monoisotopic (exact) mass is 796 g/mol. The van der Waals surface area contributed by atoms with Crippen LogP contribution in [0.3, 0.4) is 0 Å². The van der Waals surface area contributed by atoms with Crippen LogP contribution in [0.1, 0.15) is 106 Å². The summed E-state index contributed by atoms with van der Waals surface area (Å²) in [7, 11) is 0. The Morgan fingerprint density at radius 1 is 0.732 bits per heavy atom. The summed E-state index contributed by atoms with van der Waals surface area (Å²) in [5, 5.41) is 95.5. The number of aliphatic hydroxyl groups is 8. The van der Waals surface area contributed by atoms with Gasteiger partial charge in [-0.05, 0) is 104 Å². The zero-order valence-corrected chi connectivity index (χ0v) is 33.9. The summed E-state index contributed by atoms with van der Waals surface area (Å²) < 4.78 is 23.8. The lowest BCUT2D eigenvalue weighted by molar-refractivity contribution is -0.369. The molecule has 56 heavy (non-hydrogen) atoms. The van der Waals surface area contributed by atoms with E-state index >= 15 is 0 Å². The molecule has 14 nitrogen and oxygen atoms in total. The highest BCUT2D eigenvalue weighted by molar-refractivity contribution is 5.76. The molecule has 0 aromatic carbocycles. The van der Waals surface area contributed by atoms with Crippen LogP contribution in [-0.2, 0) is 23.7 Å². The van der Waals surface area contributed by atoms with E-state index in [4.69, 9.17) is 18.9 Å². The summed E-state index contributed by atoms with van der Waals surface area (Å²) in [6, 6.07) is 0. The van der Waals surface area contributed by atoms with Gasteiger partial charge in [0.1, 0.15) is 48.8 Å². The number of aliphatic hydroxyl groups excluding tert-OH is 8. The number of allylic oxidation sites excluding steroid dienone is 2. The summed E-state index contributed by atoms with van der Waals surface area (Å²) >= 11 is 0. The van der Waals surface area contributed by atoms with Gasteiger partial charge in [0, 0.05) is 5.41 Å². The Labute approximate surface area is 330 Å². The minimum Gasteiger partial charge on any atom is -0.481 e. The molecular weight excluding hydrogens is 728 g/mol. The molecule has 6 fully saturated rings. The predicted octanol–water partition coefficient (Wildman–Crippen LogP) is 1.85. The highest BCUT2D eigenvalue weighted by atomic mass is 16.7. The van der Waals surface area contributed by atoms with Gasteiger partial charge in [-0.1, -0.05) is 53.2 Å². The smallest absolute Gasteiger partial charge is 0.310 e. The van der Waals surface area contributed by atoms with Gasteiger partial charge in [0.15, 0.2) is 12.6 Å². The molecular formula is C42H68O14. The van der Waals surface area contributed by atoms with E-state index in [0.29, 0.717) is 19.3 Å². The fourth-order valence-corrected chi connectivity index (χ4v) is 13.7. The SMILES string of the molecule is CC1(C)CC[C@]2(C(=O)O)CC[C@]3(C)C(=CC[C@@H]4[C@@]5(C)CC[C@H](O[C@@H]6O[C@H](CO)[C@@H](O[C@H]7O[C@H](CO)[C@@H](O)[C@H](O)[C@H]7O)[C@H](O)[C@H]6O)[C@@](C)(CO)[C@@H]5CC[C@]43C)[C@@H]2C1. The summed E-state index contributed by atoms with van der Waals surface area (Å²) in [5.74, 6) is -0.324. The highest BCUT2D eigenvalue weighted by Crippen LogP contribution is 2.76. The van der Waals surface area contributed by atoms with Crippen molar-refractivity contribution < 1.29 is 69.7 Å². The van der Waals surface area contributed by atoms with Gasteiger partial charge in [0.2, 0.25) is 0 Å². The summed E-state index contributed by atoms with van der Waals surface area (Å²) in [4.78, 5) is 13.0. The maximum atomic E-state index is 13.0. The molecule has 0 amide bonds. The number of ether oxygens (including phenoxy) is 4. The quantitative estimate of drug-likeness (QED) is 0.126. The molecule has 9 N–H and O–H groups in total. The van der Waals surface area contributed by atoms with E-state index in [1.165, 1.54) is 5.57 Å². The lowest BCUT2D eigenvalue weighted by atomic mass is 9.33. The second-order valence-electron chi connectivity index (χ2n) is 20.5. The molecule has 5 aliphatic carbocycles. The molecule has 4 saturated carbocycles. The van der Waals surface area contributed by atoms with Crippen LogP contribution in [0, 0.1) is 50.2 Å². The number of carboxylic acid groups (broad SMARTS) is 1. The van der Waals surface area contributed by atoms with Crippen LogP contribution in [-0.4, -0.2) is 139 Å². The van der Waals surface area contributed by atoms with Gasteiger partial charge in [-0.3, -0.25) is 4.79 Å². The van der Waals surface area contributed by atoms with Gasteiger partial charge in [-0.25, -0.2) is 0 Å². The predicted molar refractivity (Wildman–Crippen MR) is 199 cm³/mol. The Morgan fingerprint density at radius 3 is 2.00 bits per heavy atom. The van der Waals surface area contributed by atoms with E-state index in [1.807, 2.05) is 6.92 Å². The average molecular weight is 797 g/mol. The lowest BCUT2D eigenvalue weighted by Crippen LogP contribution is -2.67. The third-order valence-electron chi connectivity index (χ3n) is 17.4. The molecule has 0 aromatic heterocycles. The van der Waals surface area contributed by atoms with Crippen LogP contribution >= 0.6 is 0 Å². The van der Waals surface area contributed by atoms with Gasteiger partial charge < -0.3 is 64.9 Å². The molecule has 2 aliphatic heterocycles. The van der Waals surface area contributed by atoms with Crippen molar-refractivity contribution in [2.45, 2.75) is 173 Å². The molecule has 19 atom stereocenters. The summed E-state index contributed by atoms with van der Waals surface area (Å²) in [6.07, 6.45) is -5.71. The van der Waals surface area contributed by atoms with Gasteiger partial charge >= 0.3 is 5.97 Å². The van der Waals surface area contributed by atoms with Crippen molar-refractivity contribution in [3.8, 4) is 0 Å². The highest BCUT2D eigenvalue weighted by Gasteiger charge is 2.70. The fraction of sp³-hybridized carbons (Fsp3) is 0.929. The zero-order valence-electron chi connectivity index (χ0n) is 33.9. The first kappa shape index (κ1) is 42.8. The number of carbonyl (C=O) groups is 1. The molecule has 320 valence electrons. The zero-order chi connectivity index (χ0) is 41.0. The van der Waals surface area contributed by atoms with E-state index in [1.54, 1.807) is 0 Å². The minimum absolute atomic E-state index is 0.0138. The van der Waals surface area contributed by atoms with Gasteiger partial charge in [-0.15, -0.1) is 0 Å². The van der Waals surface area contributed by atoms with Crippen LogP contribution in [0.2, 0.25) is 0 Å². The second kappa shape index (κ2) is 14.7. The van der Waals surface area contributed by atoms with Crippen LogP contribution < -0.4 is 0 Å². The first-order valence-corrected chi connectivity index (χ1v) is 21.0. The van der Waals surface area contributed by atoms with E-state index < -0.39 is 97.5 Å². The number of fused-ring (bicyclic) bond motifs is 7. The molecule has 2 heterocycles. The molecule has 0 unspecified atom stereocenters. The Bertz CT molecular complexity index is 1500. The molecule has 14 heteroatoms. The van der Waals surface area contributed by atoms with E-state index in [2.05, 4.69) is 40.7 Å². The van der Waals surface area contributed by atoms with Crippen molar-refractivity contribution in [3.63, 3.8) is 0 Å². The minimum atomic E-state index is -1.77. The van der Waals surface area contributed by atoms with Crippen LogP contribution in [0.15, 0.2) is 11.6 Å². The van der Waals surface area contributed by atoms with E-state index in [-0.39, 0.29) is 46.0 Å². The molecule has 7 aliphatic rings. The number of rotatable bonds is 8. The number of aliphatic carboxylic acids is 1. The first-order chi connectivity index (χ1) is 26.2. The fourth-order valence-electron chi connectivity index (χ4n) is 13.7. The van der Waals surface area contributed by atoms with Crippen LogP contribution in [0.4, 0.5) is 0 Å². The van der Waals surface area contributed by atoms with Crippen molar-refractivity contribution in [2.24, 2.45) is 50.2 Å². The van der Waals surface area contributed by atoms with Gasteiger partial charge in [0.05, 0.1) is 31.3 Å². The van der Waals surface area contributed by atoms with Crippen molar-refractivity contribution in [2.75, 3.05) is 19.8 Å². The second-order valence-corrected chi connectivity index (χ2v) is 20.5. The normalized spacial score (nSPS) is 54.1. The average Bonchev–Trinajstić information content (AvgIpc) is 3.15. The van der Waals surface area contributed by atoms with Crippen LogP contribution in [0.25, 0.3) is 0 Å². The third-order valence-corrected chi connectivity index (χ3v) is 17.4. The summed E-state index contributed by atoms with van der Waals surface area (Å²) in [5.41, 5.74) is -0.474. The van der Waals surface area contributed by atoms with Gasteiger partial charge in [0.25, 0.3) is 0 Å². The molecule has 0 spiro atoms. The van der Waals surface area contributed by atoms with Gasteiger partial charge in [-0.2, -0.15) is 0 Å². The topological polar surface area (TPSA) is 236 Å². The van der Waals surface area contributed by atoms with E-state index in [0.717, 1.165) is 44.9 Å². The van der Waals surface area contributed by atoms with E-state index in [9.17, 15) is 50.8 Å². The molecule has 7 rings (SSSR count). The van der Waals surface area contributed by atoms with Crippen molar-refractivity contribution in [3.05, 3.63) is 11.6 Å². The maximum absolute atomic E-state index is 13.0. The van der Waals surface area contributed by atoms with Crippen molar-refractivity contribution in [1.29, 1.82) is 0 Å². The number of carboxylic acids is 1. The molecule has 2 saturated heterocycles. The molecule has 0 radical (unpaired) electrons. The van der Waals surface area contributed by atoms with Crippen molar-refractivity contribution in [1.82, 2.24) is 0 Å². The lowest BCUT2D eigenvalue weighted by Gasteiger charge is -2.71. The Kier molecular flexibility index (Phi) is 11.3. The largest absolute Gasteiger partial charge is 0.481 e. The molecule has 0 aromatic rings. The standard InChI is InChI=1S/C42H68O14/c1-37(2)13-15-42(36(51)52)16-14-40(5)21(22(42)17-37)7-8-26-38(3)11-10-27(39(4,20-45)25(38)9-12-41(26,40)6)55-34-32(50)30(48)33(24(19-44)54-34)56-35-31(49)29(47)28(46)23(18-43)53-35/h7,22-35,43-50H,8-20H2,1-6H3,(H,51,52)/t22-,23+,24+,25+,26+,27-,28+,29-,30+,31+,32+,33+,34-,35+,38-,39-,40+,41+,42-/m0/s1. The number of hydrogen-bond acceptors (Lipinski definition) is 13.